The standard InChI is InChI=1S/C36H30N4/c1-23-14-16-25(3)31(19-23)35-38-34(39-36(40-35)32-20-24(2)15-17-26(32)4)30-12-8-10-28(22-30)27-9-7-11-29(21-27)33-13-5-6-18-37-33/h5-22H,1-4H3. The summed E-state index contributed by atoms with van der Waals surface area (Å²) in [6.45, 7) is 8.40. The van der Waals surface area contributed by atoms with E-state index in [0.29, 0.717) is 17.5 Å². The van der Waals surface area contributed by atoms with E-state index < -0.39 is 0 Å². The van der Waals surface area contributed by atoms with Gasteiger partial charge in [0, 0.05) is 28.5 Å². The molecule has 0 spiro atoms. The van der Waals surface area contributed by atoms with E-state index in [0.717, 1.165) is 50.2 Å². The van der Waals surface area contributed by atoms with Crippen LogP contribution < -0.4 is 0 Å². The highest BCUT2D eigenvalue weighted by atomic mass is 15.0. The lowest BCUT2D eigenvalue weighted by Gasteiger charge is -2.13. The Hall–Kier alpha value is -4.96. The molecule has 4 nitrogen and oxygen atoms in total. The molecule has 40 heavy (non-hydrogen) atoms. The number of benzene rings is 4. The molecule has 4 aromatic carbocycles. The molecule has 0 amide bonds. The van der Waals surface area contributed by atoms with Crippen molar-refractivity contribution in [2.24, 2.45) is 0 Å². The average molecular weight is 519 g/mol. The maximum absolute atomic E-state index is 5.02. The van der Waals surface area contributed by atoms with Gasteiger partial charge >= 0.3 is 0 Å². The number of aromatic nitrogens is 4. The van der Waals surface area contributed by atoms with Crippen molar-refractivity contribution < 1.29 is 0 Å². The summed E-state index contributed by atoms with van der Waals surface area (Å²) in [6, 6.07) is 35.7. The first-order valence-corrected chi connectivity index (χ1v) is 13.5. The zero-order chi connectivity index (χ0) is 27.6. The predicted molar refractivity (Wildman–Crippen MR) is 164 cm³/mol. The van der Waals surface area contributed by atoms with Crippen LogP contribution in [-0.4, -0.2) is 19.9 Å². The summed E-state index contributed by atoms with van der Waals surface area (Å²) < 4.78 is 0. The van der Waals surface area contributed by atoms with Gasteiger partial charge in [-0.15, -0.1) is 0 Å². The first-order valence-electron chi connectivity index (χ1n) is 13.5. The number of pyridine rings is 1. The van der Waals surface area contributed by atoms with Crippen molar-refractivity contribution in [3.8, 4) is 56.5 Å². The molecule has 0 aliphatic heterocycles. The quantitative estimate of drug-likeness (QED) is 0.229. The zero-order valence-electron chi connectivity index (χ0n) is 23.2. The Morgan fingerprint density at radius 2 is 0.950 bits per heavy atom. The summed E-state index contributed by atoms with van der Waals surface area (Å²) in [4.78, 5) is 19.6. The monoisotopic (exact) mass is 518 g/mol. The molecule has 0 saturated carbocycles. The fourth-order valence-electron chi connectivity index (χ4n) is 4.93. The van der Waals surface area contributed by atoms with Crippen molar-refractivity contribution in [2.45, 2.75) is 27.7 Å². The SMILES string of the molecule is Cc1ccc(C)c(-c2nc(-c3cccc(-c4cccc(-c5ccccn5)c4)c3)nc(-c3cc(C)ccc3C)n2)c1. The lowest BCUT2D eigenvalue weighted by molar-refractivity contribution is 1.07. The fourth-order valence-corrected chi connectivity index (χ4v) is 4.93. The smallest absolute Gasteiger partial charge is 0.164 e. The summed E-state index contributed by atoms with van der Waals surface area (Å²) >= 11 is 0. The van der Waals surface area contributed by atoms with E-state index >= 15 is 0 Å². The summed E-state index contributed by atoms with van der Waals surface area (Å²) in [7, 11) is 0. The molecule has 0 bridgehead atoms. The van der Waals surface area contributed by atoms with Crippen LogP contribution in [0.1, 0.15) is 22.3 Å². The summed E-state index contributed by atoms with van der Waals surface area (Å²) in [5, 5.41) is 0. The Labute approximate surface area is 235 Å². The number of nitrogens with zero attached hydrogens (tertiary/aromatic N) is 4. The van der Waals surface area contributed by atoms with E-state index in [1.807, 2.05) is 24.4 Å². The van der Waals surface area contributed by atoms with Crippen molar-refractivity contribution in [3.63, 3.8) is 0 Å². The Morgan fingerprint density at radius 3 is 1.52 bits per heavy atom. The number of rotatable bonds is 5. The molecule has 0 aliphatic carbocycles. The highest BCUT2D eigenvalue weighted by Gasteiger charge is 2.16. The van der Waals surface area contributed by atoms with Crippen LogP contribution in [0.2, 0.25) is 0 Å². The van der Waals surface area contributed by atoms with Gasteiger partial charge in [0.15, 0.2) is 17.5 Å². The molecule has 0 saturated heterocycles. The normalized spacial score (nSPS) is 11.0. The Balaban J connectivity index is 1.50. The molecule has 2 aromatic heterocycles. The molecule has 0 unspecified atom stereocenters. The van der Waals surface area contributed by atoms with Crippen LogP contribution in [0, 0.1) is 27.7 Å². The van der Waals surface area contributed by atoms with Crippen molar-refractivity contribution in [1.82, 2.24) is 19.9 Å². The second-order valence-electron chi connectivity index (χ2n) is 10.3. The van der Waals surface area contributed by atoms with Gasteiger partial charge in [0.1, 0.15) is 0 Å². The first kappa shape index (κ1) is 25.3. The molecule has 0 fully saturated rings. The minimum absolute atomic E-state index is 0.657. The van der Waals surface area contributed by atoms with Crippen LogP contribution in [0.25, 0.3) is 56.5 Å². The molecule has 0 atom stereocenters. The highest BCUT2D eigenvalue weighted by Crippen LogP contribution is 2.31. The molecule has 6 aromatic rings. The molecular formula is C36H30N4. The molecule has 6 rings (SSSR count). The maximum Gasteiger partial charge on any atom is 0.164 e. The average Bonchev–Trinajstić information content (AvgIpc) is 3.00. The van der Waals surface area contributed by atoms with Gasteiger partial charge in [-0.3, -0.25) is 4.98 Å². The van der Waals surface area contributed by atoms with Crippen molar-refractivity contribution in [3.05, 3.63) is 132 Å². The van der Waals surface area contributed by atoms with Gasteiger partial charge in [0.25, 0.3) is 0 Å². The second kappa shape index (κ2) is 10.7. The van der Waals surface area contributed by atoms with Gasteiger partial charge in [0.05, 0.1) is 5.69 Å². The number of hydrogen-bond acceptors (Lipinski definition) is 4. The van der Waals surface area contributed by atoms with Gasteiger partial charge in [-0.2, -0.15) is 0 Å². The van der Waals surface area contributed by atoms with E-state index in [2.05, 4.69) is 118 Å². The molecular weight excluding hydrogens is 488 g/mol. The topological polar surface area (TPSA) is 51.6 Å². The first-order chi connectivity index (χ1) is 19.4. The van der Waals surface area contributed by atoms with Crippen molar-refractivity contribution in [1.29, 1.82) is 0 Å². The van der Waals surface area contributed by atoms with Crippen LogP contribution in [0.3, 0.4) is 0 Å². The maximum atomic E-state index is 5.02. The van der Waals surface area contributed by atoms with E-state index in [-0.39, 0.29) is 0 Å². The number of aryl methyl sites for hydroxylation is 4. The molecule has 0 radical (unpaired) electrons. The van der Waals surface area contributed by atoms with E-state index in [4.69, 9.17) is 15.0 Å². The molecule has 0 aliphatic rings. The van der Waals surface area contributed by atoms with Crippen molar-refractivity contribution in [2.75, 3.05) is 0 Å². The van der Waals surface area contributed by atoms with Crippen LogP contribution in [0.15, 0.2) is 109 Å². The minimum atomic E-state index is 0.657. The number of hydrogen-bond donors (Lipinski definition) is 0. The van der Waals surface area contributed by atoms with Gasteiger partial charge in [0.2, 0.25) is 0 Å². The third-order valence-electron chi connectivity index (χ3n) is 7.18. The van der Waals surface area contributed by atoms with E-state index in [9.17, 15) is 0 Å². The van der Waals surface area contributed by atoms with E-state index in [1.54, 1.807) is 0 Å². The summed E-state index contributed by atoms with van der Waals surface area (Å²) in [5.41, 5.74) is 11.8. The largest absolute Gasteiger partial charge is 0.256 e. The van der Waals surface area contributed by atoms with E-state index in [1.165, 1.54) is 11.1 Å². The molecule has 0 N–H and O–H groups in total. The fraction of sp³-hybridized carbons (Fsp3) is 0.111. The van der Waals surface area contributed by atoms with Gasteiger partial charge in [-0.05, 0) is 86.3 Å². The van der Waals surface area contributed by atoms with Gasteiger partial charge in [-0.1, -0.05) is 77.9 Å². The second-order valence-corrected chi connectivity index (χ2v) is 10.3. The third-order valence-corrected chi connectivity index (χ3v) is 7.18. The van der Waals surface area contributed by atoms with Crippen LogP contribution >= 0.6 is 0 Å². The predicted octanol–water partition coefficient (Wildman–Crippen LogP) is 8.84. The lowest BCUT2D eigenvalue weighted by atomic mass is 9.99. The Kier molecular flexibility index (Phi) is 6.75. The van der Waals surface area contributed by atoms with Crippen LogP contribution in [0.4, 0.5) is 0 Å². The zero-order valence-corrected chi connectivity index (χ0v) is 23.2. The lowest BCUT2D eigenvalue weighted by Crippen LogP contribution is -2.02. The third kappa shape index (κ3) is 5.16. The Morgan fingerprint density at radius 1 is 0.425 bits per heavy atom. The summed E-state index contributed by atoms with van der Waals surface area (Å²) in [6.07, 6.45) is 1.82. The highest BCUT2D eigenvalue weighted by molar-refractivity contribution is 5.76. The molecule has 2 heterocycles. The van der Waals surface area contributed by atoms with Crippen LogP contribution in [-0.2, 0) is 0 Å². The molecule has 194 valence electrons. The van der Waals surface area contributed by atoms with Crippen molar-refractivity contribution >= 4 is 0 Å². The van der Waals surface area contributed by atoms with Gasteiger partial charge < -0.3 is 0 Å². The summed E-state index contributed by atoms with van der Waals surface area (Å²) in [5.74, 6) is 2.03. The van der Waals surface area contributed by atoms with Crippen LogP contribution in [0.5, 0.6) is 0 Å². The Bertz CT molecular complexity index is 1770. The minimum Gasteiger partial charge on any atom is -0.256 e. The molecule has 4 heteroatoms. The van der Waals surface area contributed by atoms with Gasteiger partial charge in [-0.25, -0.2) is 15.0 Å².